The van der Waals surface area contributed by atoms with Crippen LogP contribution in [0.4, 0.5) is 0 Å². The van der Waals surface area contributed by atoms with Crippen LogP contribution in [0.15, 0.2) is 66.7 Å². The average Bonchev–Trinajstić information content (AvgIpc) is 2.94. The van der Waals surface area contributed by atoms with Crippen LogP contribution < -0.4 is 18.9 Å². The van der Waals surface area contributed by atoms with Crippen molar-refractivity contribution >= 4 is 6.29 Å². The third kappa shape index (κ3) is 10.4. The van der Waals surface area contributed by atoms with Gasteiger partial charge in [0, 0.05) is 6.07 Å². The largest absolute Gasteiger partial charge is 0.497 e. The first-order chi connectivity index (χ1) is 16.7. The Morgan fingerprint density at radius 1 is 0.588 bits per heavy atom. The number of carbonyl (C=O) groups excluding carboxylic acids is 1. The van der Waals surface area contributed by atoms with Gasteiger partial charge in [0.15, 0.2) is 6.29 Å². The van der Waals surface area contributed by atoms with Gasteiger partial charge in [-0.05, 0) is 47.5 Å². The maximum Gasteiger partial charge on any atom is 0.153 e. The molecule has 0 aliphatic heterocycles. The summed E-state index contributed by atoms with van der Waals surface area (Å²) in [6.07, 6.45) is 0.774. The molecule has 0 bridgehead atoms. The topological polar surface area (TPSA) is 54.0 Å². The second-order valence-electron chi connectivity index (χ2n) is 6.09. The van der Waals surface area contributed by atoms with Crippen molar-refractivity contribution in [2.75, 3.05) is 14.2 Å². The van der Waals surface area contributed by atoms with Gasteiger partial charge in [0.05, 0.1) is 19.8 Å². The summed E-state index contributed by atoms with van der Waals surface area (Å²) >= 11 is 0. The fourth-order valence-corrected chi connectivity index (χ4v) is 2.60. The molecule has 3 rings (SSSR count). The van der Waals surface area contributed by atoms with Crippen molar-refractivity contribution in [2.45, 2.75) is 54.8 Å². The number of methoxy groups -OCH3 is 2. The monoisotopic (exact) mass is 468 g/mol. The van der Waals surface area contributed by atoms with Crippen LogP contribution >= 0.6 is 0 Å². The van der Waals surface area contributed by atoms with Gasteiger partial charge >= 0.3 is 0 Å². The zero-order valence-electron chi connectivity index (χ0n) is 21.9. The highest BCUT2D eigenvalue weighted by atomic mass is 16.5. The first-order valence-electron chi connectivity index (χ1n) is 11.8. The standard InChI is InChI=1S/C23H22O5.3C2H6/c1-25-20-8-3-17(4-9-20)15-27-22-12-7-19(14-24)23(13-22)28-16-18-5-10-21(26-2)11-6-18;3*1-2/h3-14H,15-16H2,1-2H3;3*1-2H3. The Hall–Kier alpha value is -3.47. The van der Waals surface area contributed by atoms with Crippen LogP contribution in [0.2, 0.25) is 0 Å². The molecule has 0 radical (unpaired) electrons. The molecule has 186 valence electrons. The second kappa shape index (κ2) is 19.0. The number of benzene rings is 3. The lowest BCUT2D eigenvalue weighted by Crippen LogP contribution is -2.00. The number of aldehydes is 1. The average molecular weight is 469 g/mol. The Morgan fingerprint density at radius 2 is 1.00 bits per heavy atom. The highest BCUT2D eigenvalue weighted by molar-refractivity contribution is 5.79. The SMILES string of the molecule is CC.CC.CC.COc1ccc(COc2ccc(C=O)c(OCc3ccc(OC)cc3)c2)cc1. The van der Waals surface area contributed by atoms with E-state index in [1.807, 2.05) is 90.1 Å². The van der Waals surface area contributed by atoms with Gasteiger partial charge in [-0.3, -0.25) is 4.79 Å². The molecule has 3 aromatic carbocycles. The predicted molar refractivity (Wildman–Crippen MR) is 141 cm³/mol. The van der Waals surface area contributed by atoms with Gasteiger partial charge in [0.2, 0.25) is 0 Å². The zero-order valence-corrected chi connectivity index (χ0v) is 21.9. The van der Waals surface area contributed by atoms with Gasteiger partial charge in [-0.1, -0.05) is 65.8 Å². The number of ether oxygens (including phenoxy) is 4. The van der Waals surface area contributed by atoms with E-state index in [1.165, 1.54) is 0 Å². The van der Waals surface area contributed by atoms with Crippen molar-refractivity contribution in [1.29, 1.82) is 0 Å². The van der Waals surface area contributed by atoms with Crippen molar-refractivity contribution in [3.8, 4) is 23.0 Å². The molecule has 0 N–H and O–H groups in total. The Kier molecular flexibility index (Phi) is 17.1. The Bertz CT molecular complexity index is 903. The van der Waals surface area contributed by atoms with Crippen molar-refractivity contribution < 1.29 is 23.7 Å². The third-order valence-corrected chi connectivity index (χ3v) is 4.23. The van der Waals surface area contributed by atoms with E-state index in [2.05, 4.69) is 0 Å². The highest BCUT2D eigenvalue weighted by Gasteiger charge is 2.07. The Morgan fingerprint density at radius 3 is 1.41 bits per heavy atom. The lowest BCUT2D eigenvalue weighted by molar-refractivity contribution is 0.111. The van der Waals surface area contributed by atoms with Gasteiger partial charge in [-0.25, -0.2) is 0 Å². The van der Waals surface area contributed by atoms with E-state index >= 15 is 0 Å². The summed E-state index contributed by atoms with van der Waals surface area (Å²) < 4.78 is 22.0. The molecule has 0 unspecified atom stereocenters. The van der Waals surface area contributed by atoms with Gasteiger partial charge in [-0.15, -0.1) is 0 Å². The molecule has 0 spiro atoms. The van der Waals surface area contributed by atoms with Crippen LogP contribution in [0, 0.1) is 0 Å². The minimum atomic E-state index is 0.340. The van der Waals surface area contributed by atoms with Crippen molar-refractivity contribution in [3.63, 3.8) is 0 Å². The summed E-state index contributed by atoms with van der Waals surface area (Å²) in [6.45, 7) is 12.7. The lowest BCUT2D eigenvalue weighted by atomic mass is 10.2. The molecule has 0 atom stereocenters. The summed E-state index contributed by atoms with van der Waals surface area (Å²) in [5, 5.41) is 0. The van der Waals surface area contributed by atoms with E-state index in [9.17, 15) is 4.79 Å². The summed E-state index contributed by atoms with van der Waals surface area (Å²) in [7, 11) is 3.26. The van der Waals surface area contributed by atoms with Gasteiger partial charge in [0.1, 0.15) is 36.2 Å². The summed E-state index contributed by atoms with van der Waals surface area (Å²) in [4.78, 5) is 11.3. The summed E-state index contributed by atoms with van der Waals surface area (Å²) in [5.41, 5.74) is 2.47. The summed E-state index contributed by atoms with van der Waals surface area (Å²) in [6, 6.07) is 20.4. The Balaban J connectivity index is 0.00000168. The molecule has 5 nitrogen and oxygen atoms in total. The van der Waals surface area contributed by atoms with Crippen LogP contribution in [-0.4, -0.2) is 20.5 Å². The number of hydrogen-bond acceptors (Lipinski definition) is 5. The quantitative estimate of drug-likeness (QED) is 0.300. The molecule has 34 heavy (non-hydrogen) atoms. The molecule has 5 heteroatoms. The molecule has 0 saturated heterocycles. The first kappa shape index (κ1) is 30.5. The fourth-order valence-electron chi connectivity index (χ4n) is 2.60. The van der Waals surface area contributed by atoms with E-state index in [-0.39, 0.29) is 0 Å². The molecular formula is C29H40O5. The molecule has 0 aliphatic rings. The van der Waals surface area contributed by atoms with Gasteiger partial charge in [0.25, 0.3) is 0 Å². The van der Waals surface area contributed by atoms with E-state index in [1.54, 1.807) is 32.4 Å². The minimum Gasteiger partial charge on any atom is -0.497 e. The second-order valence-corrected chi connectivity index (χ2v) is 6.09. The molecular weight excluding hydrogens is 428 g/mol. The van der Waals surface area contributed by atoms with Gasteiger partial charge < -0.3 is 18.9 Å². The molecule has 0 heterocycles. The van der Waals surface area contributed by atoms with Gasteiger partial charge in [-0.2, -0.15) is 0 Å². The van der Waals surface area contributed by atoms with Crippen LogP contribution in [0.5, 0.6) is 23.0 Å². The van der Waals surface area contributed by atoms with Crippen LogP contribution in [0.25, 0.3) is 0 Å². The van der Waals surface area contributed by atoms with Crippen LogP contribution in [0.3, 0.4) is 0 Å². The molecule has 0 saturated carbocycles. The molecule has 0 fully saturated rings. The lowest BCUT2D eigenvalue weighted by Gasteiger charge is -2.12. The first-order valence-corrected chi connectivity index (χ1v) is 11.8. The molecule has 0 aliphatic carbocycles. The van der Waals surface area contributed by atoms with Crippen molar-refractivity contribution in [3.05, 3.63) is 83.4 Å². The Labute approximate surface area is 205 Å². The number of hydrogen-bond donors (Lipinski definition) is 0. The van der Waals surface area contributed by atoms with Crippen LogP contribution in [-0.2, 0) is 13.2 Å². The molecule has 0 amide bonds. The zero-order chi connectivity index (χ0) is 25.8. The smallest absolute Gasteiger partial charge is 0.153 e. The summed E-state index contributed by atoms with van der Waals surface area (Å²) in [5.74, 6) is 2.70. The van der Waals surface area contributed by atoms with E-state index in [0.29, 0.717) is 30.3 Å². The maximum absolute atomic E-state index is 11.3. The minimum absolute atomic E-state index is 0.340. The van der Waals surface area contributed by atoms with Crippen molar-refractivity contribution in [2.24, 2.45) is 0 Å². The fraction of sp³-hybridized carbons (Fsp3) is 0.345. The van der Waals surface area contributed by atoms with Crippen molar-refractivity contribution in [1.82, 2.24) is 0 Å². The molecule has 0 aromatic heterocycles. The van der Waals surface area contributed by atoms with Crippen LogP contribution in [0.1, 0.15) is 63.0 Å². The predicted octanol–water partition coefficient (Wildman–Crippen LogP) is 7.75. The highest BCUT2D eigenvalue weighted by Crippen LogP contribution is 2.26. The van der Waals surface area contributed by atoms with E-state index < -0.39 is 0 Å². The number of carbonyl (C=O) groups is 1. The van der Waals surface area contributed by atoms with E-state index in [0.717, 1.165) is 28.9 Å². The maximum atomic E-state index is 11.3. The van der Waals surface area contributed by atoms with E-state index in [4.69, 9.17) is 18.9 Å². The third-order valence-electron chi connectivity index (χ3n) is 4.23. The number of rotatable bonds is 9. The normalized spacial score (nSPS) is 8.94. The molecule has 3 aromatic rings.